The summed E-state index contributed by atoms with van der Waals surface area (Å²) >= 11 is 0. The van der Waals surface area contributed by atoms with Gasteiger partial charge in [0, 0.05) is 0 Å². The maximum Gasteiger partial charge on any atom is 0.307 e. The molecule has 2 aromatic carbocycles. The van der Waals surface area contributed by atoms with Gasteiger partial charge in [-0.1, -0.05) is 12.1 Å². The number of benzene rings is 2. The van der Waals surface area contributed by atoms with Crippen LogP contribution in [0.5, 0.6) is 11.5 Å². The van der Waals surface area contributed by atoms with E-state index in [-0.39, 0.29) is 24.5 Å². The van der Waals surface area contributed by atoms with Gasteiger partial charge in [-0.05, 0) is 54.8 Å². The van der Waals surface area contributed by atoms with Crippen LogP contribution in [-0.2, 0) is 16.0 Å². The van der Waals surface area contributed by atoms with Gasteiger partial charge in [-0.25, -0.2) is 0 Å². The van der Waals surface area contributed by atoms with Gasteiger partial charge in [0.15, 0.2) is 6.61 Å². The van der Waals surface area contributed by atoms with Crippen molar-refractivity contribution in [2.75, 3.05) is 11.9 Å². The SMILES string of the molecule is Cc1ccc(OCC(=O)Nc2cc(CC(=O)O)ccc2O)cc1C. The highest BCUT2D eigenvalue weighted by Crippen LogP contribution is 2.24. The summed E-state index contributed by atoms with van der Waals surface area (Å²) in [6, 6.07) is 9.79. The lowest BCUT2D eigenvalue weighted by molar-refractivity contribution is -0.136. The number of rotatable bonds is 6. The van der Waals surface area contributed by atoms with Crippen molar-refractivity contribution in [1.82, 2.24) is 0 Å². The molecule has 6 heteroatoms. The minimum absolute atomic E-state index is 0.135. The second-order valence-corrected chi connectivity index (χ2v) is 5.50. The fourth-order valence-electron chi connectivity index (χ4n) is 2.11. The average Bonchev–Trinajstić information content (AvgIpc) is 2.51. The number of anilines is 1. The number of phenolic OH excluding ortho intramolecular Hbond substituents is 1. The first-order valence-corrected chi connectivity index (χ1v) is 7.38. The molecule has 0 saturated heterocycles. The molecule has 0 aliphatic heterocycles. The van der Waals surface area contributed by atoms with Crippen LogP contribution in [0.4, 0.5) is 5.69 Å². The Bertz CT molecular complexity index is 770. The molecule has 0 atom stereocenters. The van der Waals surface area contributed by atoms with Crippen molar-refractivity contribution in [3.8, 4) is 11.5 Å². The minimum atomic E-state index is -0.990. The summed E-state index contributed by atoms with van der Waals surface area (Å²) in [7, 11) is 0. The zero-order valence-corrected chi connectivity index (χ0v) is 13.5. The molecule has 126 valence electrons. The number of aliphatic carboxylic acids is 1. The molecule has 0 aliphatic rings. The van der Waals surface area contributed by atoms with Crippen molar-refractivity contribution in [3.63, 3.8) is 0 Å². The minimum Gasteiger partial charge on any atom is -0.506 e. The van der Waals surface area contributed by atoms with Crippen LogP contribution in [0.25, 0.3) is 0 Å². The highest BCUT2D eigenvalue weighted by Gasteiger charge is 2.10. The molecule has 0 heterocycles. The van der Waals surface area contributed by atoms with Crippen molar-refractivity contribution in [2.45, 2.75) is 20.3 Å². The summed E-state index contributed by atoms with van der Waals surface area (Å²) < 4.78 is 5.42. The van der Waals surface area contributed by atoms with Gasteiger partial charge < -0.3 is 20.3 Å². The van der Waals surface area contributed by atoms with Gasteiger partial charge >= 0.3 is 5.97 Å². The number of nitrogens with one attached hydrogen (secondary N) is 1. The highest BCUT2D eigenvalue weighted by atomic mass is 16.5. The number of aryl methyl sites for hydroxylation is 2. The summed E-state index contributed by atoms with van der Waals surface area (Å²) in [4.78, 5) is 22.7. The number of ether oxygens (including phenoxy) is 1. The summed E-state index contributed by atoms with van der Waals surface area (Å²) in [5, 5.41) is 21.1. The molecule has 0 unspecified atom stereocenters. The van der Waals surface area contributed by atoms with E-state index in [1.165, 1.54) is 18.2 Å². The molecule has 2 aromatic rings. The van der Waals surface area contributed by atoms with Crippen molar-refractivity contribution < 1.29 is 24.5 Å². The van der Waals surface area contributed by atoms with Gasteiger partial charge in [0.2, 0.25) is 0 Å². The first-order valence-electron chi connectivity index (χ1n) is 7.38. The maximum absolute atomic E-state index is 12.0. The van der Waals surface area contributed by atoms with Gasteiger partial charge in [-0.3, -0.25) is 9.59 Å². The van der Waals surface area contributed by atoms with Crippen molar-refractivity contribution in [1.29, 1.82) is 0 Å². The van der Waals surface area contributed by atoms with E-state index >= 15 is 0 Å². The van der Waals surface area contributed by atoms with Crippen LogP contribution in [0, 0.1) is 13.8 Å². The molecule has 1 amide bonds. The number of carbonyl (C=O) groups excluding carboxylic acids is 1. The van der Waals surface area contributed by atoms with E-state index in [9.17, 15) is 14.7 Å². The molecular weight excluding hydrogens is 310 g/mol. The molecule has 24 heavy (non-hydrogen) atoms. The van der Waals surface area contributed by atoms with E-state index in [2.05, 4.69) is 5.32 Å². The Morgan fingerprint density at radius 3 is 2.50 bits per heavy atom. The summed E-state index contributed by atoms with van der Waals surface area (Å²) in [5.41, 5.74) is 2.83. The number of carboxylic acid groups (broad SMARTS) is 1. The molecule has 6 nitrogen and oxygen atoms in total. The Balaban J connectivity index is 1.98. The monoisotopic (exact) mass is 329 g/mol. The zero-order chi connectivity index (χ0) is 17.7. The van der Waals surface area contributed by atoms with E-state index in [0.717, 1.165) is 11.1 Å². The third-order valence-electron chi connectivity index (χ3n) is 3.54. The molecule has 0 saturated carbocycles. The number of carboxylic acids is 1. The summed E-state index contributed by atoms with van der Waals surface area (Å²) in [5.74, 6) is -0.993. The molecule has 2 rings (SSSR count). The van der Waals surface area contributed by atoms with E-state index in [4.69, 9.17) is 9.84 Å². The van der Waals surface area contributed by atoms with Gasteiger partial charge in [-0.15, -0.1) is 0 Å². The van der Waals surface area contributed by atoms with Crippen LogP contribution in [0.15, 0.2) is 36.4 Å². The smallest absolute Gasteiger partial charge is 0.307 e. The number of phenols is 1. The van der Waals surface area contributed by atoms with Crippen LogP contribution in [0.2, 0.25) is 0 Å². The Labute approximate surface area is 139 Å². The Morgan fingerprint density at radius 2 is 1.83 bits per heavy atom. The van der Waals surface area contributed by atoms with Gasteiger partial charge in [0.1, 0.15) is 11.5 Å². The Hall–Kier alpha value is -3.02. The molecule has 0 bridgehead atoms. The third kappa shape index (κ3) is 4.74. The largest absolute Gasteiger partial charge is 0.506 e. The summed E-state index contributed by atoms with van der Waals surface area (Å²) in [6.07, 6.45) is -0.192. The van der Waals surface area contributed by atoms with E-state index < -0.39 is 11.9 Å². The van der Waals surface area contributed by atoms with Crippen molar-refractivity contribution >= 4 is 17.6 Å². The van der Waals surface area contributed by atoms with E-state index in [0.29, 0.717) is 11.3 Å². The molecule has 0 spiro atoms. The first kappa shape index (κ1) is 17.3. The first-order chi connectivity index (χ1) is 11.3. The van der Waals surface area contributed by atoms with Crippen molar-refractivity contribution in [3.05, 3.63) is 53.1 Å². The highest BCUT2D eigenvalue weighted by molar-refractivity contribution is 5.93. The second kappa shape index (κ2) is 7.50. The van der Waals surface area contributed by atoms with E-state index in [1.807, 2.05) is 26.0 Å². The van der Waals surface area contributed by atoms with E-state index in [1.54, 1.807) is 6.07 Å². The molecule has 0 radical (unpaired) electrons. The average molecular weight is 329 g/mol. The third-order valence-corrected chi connectivity index (χ3v) is 3.54. The number of hydrogen-bond acceptors (Lipinski definition) is 4. The van der Waals surface area contributed by atoms with Crippen LogP contribution in [0.1, 0.15) is 16.7 Å². The lowest BCUT2D eigenvalue weighted by atomic mass is 10.1. The predicted molar refractivity (Wildman–Crippen MR) is 89.5 cm³/mol. The lowest BCUT2D eigenvalue weighted by Gasteiger charge is -2.11. The standard InChI is InChI=1S/C18H19NO5/c1-11-3-5-14(7-12(11)2)24-10-17(21)19-15-8-13(9-18(22)23)4-6-16(15)20/h3-8,20H,9-10H2,1-2H3,(H,19,21)(H,22,23). The van der Waals surface area contributed by atoms with Crippen LogP contribution in [-0.4, -0.2) is 28.7 Å². The van der Waals surface area contributed by atoms with Crippen LogP contribution in [0.3, 0.4) is 0 Å². The Morgan fingerprint density at radius 1 is 1.08 bits per heavy atom. The number of hydrogen-bond donors (Lipinski definition) is 3. The molecular formula is C18H19NO5. The van der Waals surface area contributed by atoms with Gasteiger partial charge in [0.25, 0.3) is 5.91 Å². The van der Waals surface area contributed by atoms with Crippen molar-refractivity contribution in [2.24, 2.45) is 0 Å². The molecule has 0 aromatic heterocycles. The van der Waals surface area contributed by atoms with Crippen LogP contribution >= 0.6 is 0 Å². The maximum atomic E-state index is 12.0. The number of aromatic hydroxyl groups is 1. The lowest BCUT2D eigenvalue weighted by Crippen LogP contribution is -2.20. The van der Waals surface area contributed by atoms with Crippen LogP contribution < -0.4 is 10.1 Å². The normalized spacial score (nSPS) is 10.2. The number of carbonyl (C=O) groups is 2. The molecule has 0 aliphatic carbocycles. The second-order valence-electron chi connectivity index (χ2n) is 5.50. The van der Waals surface area contributed by atoms with Gasteiger partial charge in [0.05, 0.1) is 12.1 Å². The zero-order valence-electron chi connectivity index (χ0n) is 13.5. The summed E-state index contributed by atoms with van der Waals surface area (Å²) in [6.45, 7) is 3.72. The number of amides is 1. The topological polar surface area (TPSA) is 95.9 Å². The Kier molecular flexibility index (Phi) is 5.42. The molecule has 0 fully saturated rings. The molecule has 3 N–H and O–H groups in total. The fourth-order valence-corrected chi connectivity index (χ4v) is 2.11. The van der Waals surface area contributed by atoms with Gasteiger partial charge in [-0.2, -0.15) is 0 Å². The predicted octanol–water partition coefficient (Wildman–Crippen LogP) is 2.65. The fraction of sp³-hybridized carbons (Fsp3) is 0.222. The quantitative estimate of drug-likeness (QED) is 0.708.